The van der Waals surface area contributed by atoms with Gasteiger partial charge in [0.1, 0.15) is 0 Å². The lowest BCUT2D eigenvalue weighted by Crippen LogP contribution is -2.32. The average molecular weight is 200 g/mol. The Balaban J connectivity index is 2.34. The minimum Gasteiger partial charge on any atom is -0.391 e. The third-order valence-electron chi connectivity index (χ3n) is 2.89. The fourth-order valence-corrected chi connectivity index (χ4v) is 1.74. The SMILES string of the molecule is CCC(CN)CC(=O)N1CCC(O)C1. The third kappa shape index (κ3) is 2.96. The van der Waals surface area contributed by atoms with E-state index in [0.717, 1.165) is 6.42 Å². The Kier molecular flexibility index (Phi) is 4.35. The summed E-state index contributed by atoms with van der Waals surface area (Å²) in [6, 6.07) is 0. The summed E-state index contributed by atoms with van der Waals surface area (Å²) in [6.45, 7) is 3.81. The first kappa shape index (κ1) is 11.5. The molecule has 0 saturated carbocycles. The van der Waals surface area contributed by atoms with Gasteiger partial charge in [-0.05, 0) is 18.9 Å². The van der Waals surface area contributed by atoms with Crippen molar-refractivity contribution in [1.82, 2.24) is 4.90 Å². The maximum atomic E-state index is 11.7. The molecule has 1 aliphatic heterocycles. The highest BCUT2D eigenvalue weighted by Crippen LogP contribution is 2.14. The van der Waals surface area contributed by atoms with Crippen molar-refractivity contribution < 1.29 is 9.90 Å². The molecule has 0 aromatic rings. The third-order valence-corrected chi connectivity index (χ3v) is 2.89. The van der Waals surface area contributed by atoms with Crippen molar-refractivity contribution >= 4 is 5.91 Å². The molecule has 4 nitrogen and oxygen atoms in total. The fraction of sp³-hybridized carbons (Fsp3) is 0.900. The lowest BCUT2D eigenvalue weighted by atomic mass is 10.0. The van der Waals surface area contributed by atoms with E-state index < -0.39 is 0 Å². The van der Waals surface area contributed by atoms with E-state index in [2.05, 4.69) is 0 Å². The van der Waals surface area contributed by atoms with Gasteiger partial charge in [0.05, 0.1) is 6.10 Å². The first-order valence-electron chi connectivity index (χ1n) is 5.33. The van der Waals surface area contributed by atoms with Crippen LogP contribution < -0.4 is 5.73 Å². The van der Waals surface area contributed by atoms with Crippen molar-refractivity contribution in [2.24, 2.45) is 11.7 Å². The number of likely N-dealkylation sites (tertiary alicyclic amines) is 1. The Morgan fingerprint density at radius 1 is 1.71 bits per heavy atom. The molecule has 1 fully saturated rings. The highest BCUT2D eigenvalue weighted by molar-refractivity contribution is 5.76. The van der Waals surface area contributed by atoms with E-state index in [9.17, 15) is 9.90 Å². The molecule has 0 spiro atoms. The van der Waals surface area contributed by atoms with Crippen LogP contribution in [0, 0.1) is 5.92 Å². The summed E-state index contributed by atoms with van der Waals surface area (Å²) in [5.74, 6) is 0.430. The van der Waals surface area contributed by atoms with E-state index in [1.807, 2.05) is 6.92 Å². The van der Waals surface area contributed by atoms with Gasteiger partial charge < -0.3 is 15.7 Å². The zero-order valence-electron chi connectivity index (χ0n) is 8.78. The van der Waals surface area contributed by atoms with Gasteiger partial charge in [-0.1, -0.05) is 13.3 Å². The van der Waals surface area contributed by atoms with E-state index in [0.29, 0.717) is 38.4 Å². The van der Waals surface area contributed by atoms with Gasteiger partial charge in [0.15, 0.2) is 0 Å². The molecule has 1 heterocycles. The number of rotatable bonds is 4. The van der Waals surface area contributed by atoms with Crippen molar-refractivity contribution in [3.05, 3.63) is 0 Å². The summed E-state index contributed by atoms with van der Waals surface area (Å²) >= 11 is 0. The maximum absolute atomic E-state index is 11.7. The summed E-state index contributed by atoms with van der Waals surface area (Å²) in [4.78, 5) is 13.4. The first-order chi connectivity index (χ1) is 6.67. The van der Waals surface area contributed by atoms with Crippen LogP contribution >= 0.6 is 0 Å². The first-order valence-corrected chi connectivity index (χ1v) is 5.33. The van der Waals surface area contributed by atoms with E-state index in [1.54, 1.807) is 4.90 Å². The number of carbonyl (C=O) groups is 1. The summed E-state index contributed by atoms with van der Waals surface area (Å²) in [5.41, 5.74) is 5.54. The Morgan fingerprint density at radius 2 is 2.43 bits per heavy atom. The molecule has 0 aliphatic carbocycles. The predicted octanol–water partition coefficient (Wildman–Crippen LogP) is -0.0454. The molecule has 82 valence electrons. The van der Waals surface area contributed by atoms with Crippen LogP contribution in [0.25, 0.3) is 0 Å². The summed E-state index contributed by atoms with van der Waals surface area (Å²) in [7, 11) is 0. The van der Waals surface area contributed by atoms with Crippen LogP contribution in [0.15, 0.2) is 0 Å². The number of hydrogen-bond acceptors (Lipinski definition) is 3. The Morgan fingerprint density at radius 3 is 2.86 bits per heavy atom. The number of β-amino-alcohol motifs (C(OH)–C–C–N with tert-alkyl or cyclic N) is 1. The standard InChI is InChI=1S/C10H20N2O2/c1-2-8(6-11)5-10(14)12-4-3-9(13)7-12/h8-9,13H,2-7,11H2,1H3. The van der Waals surface area contributed by atoms with E-state index in [1.165, 1.54) is 0 Å². The Labute approximate surface area is 85.1 Å². The van der Waals surface area contributed by atoms with Crippen LogP contribution in [0.1, 0.15) is 26.2 Å². The monoisotopic (exact) mass is 200 g/mol. The van der Waals surface area contributed by atoms with Gasteiger partial charge in [-0.15, -0.1) is 0 Å². The number of nitrogens with two attached hydrogens (primary N) is 1. The van der Waals surface area contributed by atoms with Crippen LogP contribution in [0.4, 0.5) is 0 Å². The molecule has 2 atom stereocenters. The molecule has 0 bridgehead atoms. The zero-order chi connectivity index (χ0) is 10.6. The Bertz CT molecular complexity index is 193. The topological polar surface area (TPSA) is 66.6 Å². The van der Waals surface area contributed by atoms with E-state index in [4.69, 9.17) is 5.73 Å². The number of aliphatic hydroxyl groups excluding tert-OH is 1. The van der Waals surface area contributed by atoms with Crippen LogP contribution in [-0.2, 0) is 4.79 Å². The molecule has 0 aromatic carbocycles. The largest absolute Gasteiger partial charge is 0.391 e. The fourth-order valence-electron chi connectivity index (χ4n) is 1.74. The molecule has 4 heteroatoms. The van der Waals surface area contributed by atoms with Crippen LogP contribution in [0.2, 0.25) is 0 Å². The number of aliphatic hydroxyl groups is 1. The van der Waals surface area contributed by atoms with Gasteiger partial charge in [0.25, 0.3) is 0 Å². The summed E-state index contributed by atoms with van der Waals surface area (Å²) < 4.78 is 0. The predicted molar refractivity (Wildman–Crippen MR) is 54.7 cm³/mol. The van der Waals surface area contributed by atoms with Crippen molar-refractivity contribution in [3.63, 3.8) is 0 Å². The highest BCUT2D eigenvalue weighted by Gasteiger charge is 2.25. The smallest absolute Gasteiger partial charge is 0.222 e. The highest BCUT2D eigenvalue weighted by atomic mass is 16.3. The van der Waals surface area contributed by atoms with Crippen LogP contribution in [0.3, 0.4) is 0 Å². The second kappa shape index (κ2) is 5.32. The summed E-state index contributed by atoms with van der Waals surface area (Å²) in [6.07, 6.45) is 1.86. The van der Waals surface area contributed by atoms with Gasteiger partial charge in [0.2, 0.25) is 5.91 Å². The van der Waals surface area contributed by atoms with Crippen molar-refractivity contribution in [3.8, 4) is 0 Å². The maximum Gasteiger partial charge on any atom is 0.222 e. The van der Waals surface area contributed by atoms with Gasteiger partial charge >= 0.3 is 0 Å². The van der Waals surface area contributed by atoms with Crippen molar-refractivity contribution in [2.45, 2.75) is 32.3 Å². The second-order valence-corrected chi connectivity index (χ2v) is 4.00. The Hall–Kier alpha value is -0.610. The van der Waals surface area contributed by atoms with Crippen molar-refractivity contribution in [2.75, 3.05) is 19.6 Å². The van der Waals surface area contributed by atoms with Gasteiger partial charge in [0, 0.05) is 19.5 Å². The van der Waals surface area contributed by atoms with Gasteiger partial charge in [-0.3, -0.25) is 4.79 Å². The zero-order valence-corrected chi connectivity index (χ0v) is 8.78. The van der Waals surface area contributed by atoms with Crippen LogP contribution in [-0.4, -0.2) is 41.7 Å². The molecule has 0 radical (unpaired) electrons. The quantitative estimate of drug-likeness (QED) is 0.669. The van der Waals surface area contributed by atoms with Gasteiger partial charge in [-0.2, -0.15) is 0 Å². The molecular formula is C10H20N2O2. The lowest BCUT2D eigenvalue weighted by molar-refractivity contribution is -0.131. The summed E-state index contributed by atoms with van der Waals surface area (Å²) in [5, 5.41) is 9.28. The molecular weight excluding hydrogens is 180 g/mol. The minimum atomic E-state index is -0.322. The van der Waals surface area contributed by atoms with Crippen LogP contribution in [0.5, 0.6) is 0 Å². The number of hydrogen-bond donors (Lipinski definition) is 2. The molecule has 0 aromatic heterocycles. The molecule has 1 aliphatic rings. The molecule has 1 rings (SSSR count). The number of nitrogens with zero attached hydrogens (tertiary/aromatic N) is 1. The lowest BCUT2D eigenvalue weighted by Gasteiger charge is -2.18. The molecule has 3 N–H and O–H groups in total. The van der Waals surface area contributed by atoms with E-state index in [-0.39, 0.29) is 12.0 Å². The molecule has 2 unspecified atom stereocenters. The van der Waals surface area contributed by atoms with Gasteiger partial charge in [-0.25, -0.2) is 0 Å². The normalized spacial score (nSPS) is 23.9. The van der Waals surface area contributed by atoms with Crippen molar-refractivity contribution in [1.29, 1.82) is 0 Å². The number of carbonyl (C=O) groups excluding carboxylic acids is 1. The second-order valence-electron chi connectivity index (χ2n) is 4.00. The molecule has 1 saturated heterocycles. The average Bonchev–Trinajstić information content (AvgIpc) is 2.61. The number of amides is 1. The molecule has 14 heavy (non-hydrogen) atoms. The van der Waals surface area contributed by atoms with E-state index >= 15 is 0 Å². The molecule has 1 amide bonds. The minimum absolute atomic E-state index is 0.138.